The second-order valence-electron chi connectivity index (χ2n) is 6.61. The molecule has 1 aliphatic heterocycles. The molecule has 1 aromatic carbocycles. The second-order valence-corrected chi connectivity index (χ2v) is 6.61. The fourth-order valence-electron chi connectivity index (χ4n) is 3.03. The minimum absolute atomic E-state index is 0.119. The van der Waals surface area contributed by atoms with Crippen molar-refractivity contribution in [3.63, 3.8) is 0 Å². The first-order valence-corrected chi connectivity index (χ1v) is 8.48. The van der Waals surface area contributed by atoms with Crippen LogP contribution in [0.3, 0.4) is 0 Å². The van der Waals surface area contributed by atoms with Crippen LogP contribution in [0.5, 0.6) is 0 Å². The molecule has 0 saturated carbocycles. The fourth-order valence-corrected chi connectivity index (χ4v) is 3.03. The van der Waals surface area contributed by atoms with Crippen molar-refractivity contribution in [3.05, 3.63) is 34.2 Å². The van der Waals surface area contributed by atoms with Gasteiger partial charge >= 0.3 is 5.69 Å². The van der Waals surface area contributed by atoms with Gasteiger partial charge in [0.15, 0.2) is 0 Å². The first-order valence-electron chi connectivity index (χ1n) is 8.48. The van der Waals surface area contributed by atoms with Gasteiger partial charge in [-0.3, -0.25) is 14.8 Å². The maximum Gasteiger partial charge on any atom is 0.326 e. The number of amides is 1. The third kappa shape index (κ3) is 3.68. The number of hydrogen-bond acceptors (Lipinski definition) is 4. The van der Waals surface area contributed by atoms with Crippen LogP contribution >= 0.6 is 0 Å². The van der Waals surface area contributed by atoms with Crippen LogP contribution in [0.25, 0.3) is 11.0 Å². The van der Waals surface area contributed by atoms with Gasteiger partial charge in [0.2, 0.25) is 0 Å². The monoisotopic (exact) mass is 331 g/mol. The SMILES string of the molecule is CN(C)CCn1c(=O)[nH]c2ccc(C(=O)NN3CCCCC3)cc21. The smallest absolute Gasteiger partial charge is 0.308 e. The third-order valence-electron chi connectivity index (χ3n) is 4.42. The number of benzene rings is 1. The van der Waals surface area contributed by atoms with E-state index in [1.807, 2.05) is 24.0 Å². The highest BCUT2D eigenvalue weighted by molar-refractivity contribution is 5.97. The van der Waals surface area contributed by atoms with E-state index in [9.17, 15) is 9.59 Å². The number of rotatable bonds is 5. The molecule has 2 aromatic rings. The van der Waals surface area contributed by atoms with Gasteiger partial charge in [-0.25, -0.2) is 9.80 Å². The number of fused-ring (bicyclic) bond motifs is 1. The van der Waals surface area contributed by atoms with Crippen LogP contribution in [0, 0.1) is 0 Å². The molecule has 24 heavy (non-hydrogen) atoms. The molecule has 0 aliphatic carbocycles. The fraction of sp³-hybridized carbons (Fsp3) is 0.529. The van der Waals surface area contributed by atoms with E-state index in [0.717, 1.165) is 43.5 Å². The largest absolute Gasteiger partial charge is 0.326 e. The van der Waals surface area contributed by atoms with Crippen molar-refractivity contribution < 1.29 is 4.79 Å². The lowest BCUT2D eigenvalue weighted by Gasteiger charge is -2.26. The van der Waals surface area contributed by atoms with Crippen LogP contribution in [0.1, 0.15) is 29.6 Å². The number of nitrogens with one attached hydrogen (secondary N) is 2. The number of carbonyl (C=O) groups excluding carboxylic acids is 1. The molecule has 0 radical (unpaired) electrons. The number of nitrogens with zero attached hydrogens (tertiary/aromatic N) is 3. The van der Waals surface area contributed by atoms with Gasteiger partial charge in [0, 0.05) is 31.7 Å². The van der Waals surface area contributed by atoms with Gasteiger partial charge in [0.1, 0.15) is 0 Å². The third-order valence-corrected chi connectivity index (χ3v) is 4.42. The highest BCUT2D eigenvalue weighted by atomic mass is 16.2. The average molecular weight is 331 g/mol. The molecule has 0 unspecified atom stereocenters. The molecular weight excluding hydrogens is 306 g/mol. The average Bonchev–Trinajstić information content (AvgIpc) is 2.88. The molecular formula is C17H25N5O2. The lowest BCUT2D eigenvalue weighted by atomic mass is 10.1. The van der Waals surface area contributed by atoms with E-state index >= 15 is 0 Å². The first-order chi connectivity index (χ1) is 11.5. The van der Waals surface area contributed by atoms with Gasteiger partial charge in [0.05, 0.1) is 11.0 Å². The number of aromatic amines is 1. The molecule has 0 atom stereocenters. The Morgan fingerprint density at radius 1 is 1.25 bits per heavy atom. The zero-order valence-electron chi connectivity index (χ0n) is 14.3. The maximum absolute atomic E-state index is 12.5. The molecule has 1 aliphatic rings. The Morgan fingerprint density at radius 2 is 2.00 bits per heavy atom. The molecule has 0 spiro atoms. The molecule has 1 fully saturated rings. The second kappa shape index (κ2) is 7.19. The van der Waals surface area contributed by atoms with E-state index in [-0.39, 0.29) is 11.6 Å². The minimum Gasteiger partial charge on any atom is -0.308 e. The summed E-state index contributed by atoms with van der Waals surface area (Å²) in [4.78, 5) is 29.5. The molecule has 1 aromatic heterocycles. The minimum atomic E-state index is -0.138. The Bertz CT molecular complexity index is 771. The number of H-pyrrole nitrogens is 1. The lowest BCUT2D eigenvalue weighted by Crippen LogP contribution is -2.45. The van der Waals surface area contributed by atoms with Crippen LogP contribution in [-0.2, 0) is 6.54 Å². The van der Waals surface area contributed by atoms with Gasteiger partial charge in [0.25, 0.3) is 5.91 Å². The van der Waals surface area contributed by atoms with Crippen molar-refractivity contribution in [3.8, 4) is 0 Å². The van der Waals surface area contributed by atoms with E-state index in [0.29, 0.717) is 12.1 Å². The van der Waals surface area contributed by atoms with Crippen molar-refractivity contribution in [1.82, 2.24) is 24.9 Å². The van der Waals surface area contributed by atoms with Crippen molar-refractivity contribution in [2.75, 3.05) is 33.7 Å². The highest BCUT2D eigenvalue weighted by Crippen LogP contribution is 2.14. The van der Waals surface area contributed by atoms with Crippen LogP contribution in [0.15, 0.2) is 23.0 Å². The number of carbonyl (C=O) groups is 1. The predicted octanol–water partition coefficient (Wildman–Crippen LogP) is 1.02. The van der Waals surface area contributed by atoms with Crippen LogP contribution < -0.4 is 11.1 Å². The summed E-state index contributed by atoms with van der Waals surface area (Å²) in [6.07, 6.45) is 3.45. The highest BCUT2D eigenvalue weighted by Gasteiger charge is 2.15. The molecule has 3 rings (SSSR count). The molecule has 7 nitrogen and oxygen atoms in total. The van der Waals surface area contributed by atoms with Gasteiger partial charge < -0.3 is 9.88 Å². The quantitative estimate of drug-likeness (QED) is 0.858. The Morgan fingerprint density at radius 3 is 2.71 bits per heavy atom. The molecule has 130 valence electrons. The van der Waals surface area contributed by atoms with Crippen molar-refractivity contribution in [1.29, 1.82) is 0 Å². The summed E-state index contributed by atoms with van der Waals surface area (Å²) in [6, 6.07) is 5.35. The summed E-state index contributed by atoms with van der Waals surface area (Å²) in [6.45, 7) is 3.14. The van der Waals surface area contributed by atoms with Gasteiger partial charge in [-0.1, -0.05) is 6.42 Å². The number of hydrazine groups is 1. The van der Waals surface area contributed by atoms with E-state index in [1.165, 1.54) is 6.42 Å². The van der Waals surface area contributed by atoms with E-state index in [2.05, 4.69) is 10.4 Å². The Kier molecular flexibility index (Phi) is 5.01. The maximum atomic E-state index is 12.5. The summed E-state index contributed by atoms with van der Waals surface area (Å²) in [5, 5.41) is 1.98. The van der Waals surface area contributed by atoms with Gasteiger partial charge in [-0.2, -0.15) is 0 Å². The Labute approximate surface area is 141 Å². The van der Waals surface area contributed by atoms with Gasteiger partial charge in [-0.15, -0.1) is 0 Å². The number of hydrogen-bond donors (Lipinski definition) is 2. The first kappa shape index (κ1) is 16.7. The summed E-state index contributed by atoms with van der Waals surface area (Å²) >= 11 is 0. The van der Waals surface area contributed by atoms with E-state index in [4.69, 9.17) is 0 Å². The normalized spacial score (nSPS) is 16.0. The standard InChI is InChI=1S/C17H25N5O2/c1-20(2)10-11-22-15-12-13(6-7-14(15)18-17(22)24)16(23)19-21-8-4-3-5-9-21/h6-7,12H,3-5,8-11H2,1-2H3,(H,18,24)(H,19,23). The zero-order valence-corrected chi connectivity index (χ0v) is 14.3. The summed E-state index contributed by atoms with van der Waals surface area (Å²) in [5.41, 5.74) is 4.93. The summed E-state index contributed by atoms with van der Waals surface area (Å²) in [5.74, 6) is -0.119. The lowest BCUT2D eigenvalue weighted by molar-refractivity contribution is 0.0750. The van der Waals surface area contributed by atoms with Crippen molar-refractivity contribution in [2.45, 2.75) is 25.8 Å². The number of imidazole rings is 1. The van der Waals surface area contributed by atoms with E-state index in [1.54, 1.807) is 22.8 Å². The van der Waals surface area contributed by atoms with E-state index < -0.39 is 0 Å². The topological polar surface area (TPSA) is 73.4 Å². The molecule has 0 bridgehead atoms. The van der Waals surface area contributed by atoms with Crippen LogP contribution in [0.2, 0.25) is 0 Å². The molecule has 1 saturated heterocycles. The number of piperidine rings is 1. The van der Waals surface area contributed by atoms with Crippen molar-refractivity contribution >= 4 is 16.9 Å². The summed E-state index contributed by atoms with van der Waals surface area (Å²) < 4.78 is 1.69. The zero-order chi connectivity index (χ0) is 17.1. The number of aromatic nitrogens is 2. The van der Waals surface area contributed by atoms with Gasteiger partial charge in [-0.05, 0) is 45.1 Å². The summed E-state index contributed by atoms with van der Waals surface area (Å²) in [7, 11) is 3.94. The van der Waals surface area contributed by atoms with Crippen molar-refractivity contribution in [2.24, 2.45) is 0 Å². The van der Waals surface area contributed by atoms with Crippen LogP contribution in [0.4, 0.5) is 0 Å². The molecule has 2 N–H and O–H groups in total. The molecule has 7 heteroatoms. The Hall–Kier alpha value is -2.12. The Balaban J connectivity index is 1.82. The predicted molar refractivity (Wildman–Crippen MR) is 94.0 cm³/mol. The van der Waals surface area contributed by atoms with Crippen LogP contribution in [-0.4, -0.2) is 59.1 Å². The molecule has 2 heterocycles. The molecule has 1 amide bonds. The number of likely N-dealkylation sites (N-methyl/N-ethyl adjacent to an activating group) is 1.